The van der Waals surface area contributed by atoms with Crippen molar-refractivity contribution >= 4 is 15.9 Å². The van der Waals surface area contributed by atoms with Crippen molar-refractivity contribution in [3.8, 4) is 11.1 Å². The van der Waals surface area contributed by atoms with Crippen molar-refractivity contribution in [1.82, 2.24) is 0 Å². The Bertz CT molecular complexity index is 601. The van der Waals surface area contributed by atoms with Gasteiger partial charge in [0, 0.05) is 4.83 Å². The molecule has 2 aliphatic carbocycles. The van der Waals surface area contributed by atoms with Crippen LogP contribution in [0.15, 0.2) is 54.6 Å². The van der Waals surface area contributed by atoms with Crippen molar-refractivity contribution < 1.29 is 0 Å². The number of hydrogen-bond donors (Lipinski definition) is 0. The van der Waals surface area contributed by atoms with Crippen LogP contribution < -0.4 is 0 Å². The lowest BCUT2D eigenvalue weighted by molar-refractivity contribution is 0.329. The van der Waals surface area contributed by atoms with Crippen LogP contribution in [0, 0.1) is 17.8 Å². The van der Waals surface area contributed by atoms with Crippen LogP contribution in [0.25, 0.3) is 11.1 Å². The zero-order chi connectivity index (χ0) is 14.2. The van der Waals surface area contributed by atoms with Crippen molar-refractivity contribution in [2.75, 3.05) is 0 Å². The van der Waals surface area contributed by atoms with Crippen molar-refractivity contribution in [1.29, 1.82) is 0 Å². The van der Waals surface area contributed by atoms with Crippen molar-refractivity contribution in [2.24, 2.45) is 17.8 Å². The van der Waals surface area contributed by atoms with Crippen LogP contribution in [0.4, 0.5) is 0 Å². The number of rotatable bonds is 3. The number of halogens is 1. The minimum absolute atomic E-state index is 0.539. The lowest BCUT2D eigenvalue weighted by atomic mass is 9.84. The van der Waals surface area contributed by atoms with Gasteiger partial charge in [-0.3, -0.25) is 0 Å². The molecule has 0 saturated heterocycles. The maximum Gasteiger partial charge on any atom is 0.0426 e. The molecule has 21 heavy (non-hydrogen) atoms. The van der Waals surface area contributed by atoms with Crippen LogP contribution in [0.3, 0.4) is 0 Å². The molecule has 0 aliphatic heterocycles. The third-order valence-corrected chi connectivity index (χ3v) is 6.71. The molecule has 0 spiro atoms. The predicted molar refractivity (Wildman–Crippen MR) is 92.5 cm³/mol. The van der Waals surface area contributed by atoms with E-state index in [-0.39, 0.29) is 0 Å². The average Bonchev–Trinajstić information content (AvgIpc) is 3.18. The highest BCUT2D eigenvalue weighted by Crippen LogP contribution is 2.54. The zero-order valence-electron chi connectivity index (χ0n) is 12.2. The van der Waals surface area contributed by atoms with Gasteiger partial charge in [0.15, 0.2) is 0 Å². The second-order valence-corrected chi connectivity index (χ2v) is 7.72. The number of benzene rings is 2. The molecule has 4 unspecified atom stereocenters. The molecule has 2 aromatic rings. The summed E-state index contributed by atoms with van der Waals surface area (Å²) in [5.74, 6) is 2.84. The molecule has 2 bridgehead atoms. The minimum Gasteiger partial charge on any atom is -0.0836 e. The molecule has 0 radical (unpaired) electrons. The van der Waals surface area contributed by atoms with Gasteiger partial charge in [-0.05, 0) is 53.7 Å². The maximum atomic E-state index is 4.00. The molecule has 2 aromatic carbocycles. The van der Waals surface area contributed by atoms with Crippen LogP contribution in [0.1, 0.15) is 36.1 Å². The molecular formula is C20H21Br. The zero-order valence-corrected chi connectivity index (χ0v) is 13.8. The Morgan fingerprint density at radius 2 is 1.52 bits per heavy atom. The smallest absolute Gasteiger partial charge is 0.0426 e. The molecule has 0 aromatic heterocycles. The first kappa shape index (κ1) is 13.6. The Balaban J connectivity index is 1.54. The largest absolute Gasteiger partial charge is 0.0836 e. The third-order valence-electron chi connectivity index (χ3n) is 5.50. The molecule has 0 N–H and O–H groups in total. The van der Waals surface area contributed by atoms with E-state index in [2.05, 4.69) is 70.5 Å². The van der Waals surface area contributed by atoms with Gasteiger partial charge < -0.3 is 0 Å². The molecule has 2 fully saturated rings. The highest BCUT2D eigenvalue weighted by molar-refractivity contribution is 9.09. The van der Waals surface area contributed by atoms with E-state index < -0.39 is 0 Å². The second-order valence-electron chi connectivity index (χ2n) is 6.73. The molecule has 4 atom stereocenters. The summed E-state index contributed by atoms with van der Waals surface area (Å²) in [6.45, 7) is 0. The summed E-state index contributed by atoms with van der Waals surface area (Å²) in [5.41, 5.74) is 4.06. The number of alkyl halides is 1. The van der Waals surface area contributed by atoms with Crippen molar-refractivity contribution in [3.05, 3.63) is 60.2 Å². The van der Waals surface area contributed by atoms with Crippen molar-refractivity contribution in [2.45, 2.75) is 30.5 Å². The fraction of sp³-hybridized carbons (Fsp3) is 0.400. The van der Waals surface area contributed by atoms with Crippen LogP contribution in [-0.2, 0) is 0 Å². The van der Waals surface area contributed by atoms with Gasteiger partial charge >= 0.3 is 0 Å². The Morgan fingerprint density at radius 1 is 0.810 bits per heavy atom. The molecule has 0 heterocycles. The fourth-order valence-corrected chi connectivity index (χ4v) is 5.34. The summed E-state index contributed by atoms with van der Waals surface area (Å²) in [6, 6.07) is 19.8. The summed E-state index contributed by atoms with van der Waals surface area (Å²) in [7, 11) is 0. The molecule has 2 aliphatic rings. The van der Waals surface area contributed by atoms with E-state index in [1.165, 1.54) is 42.4 Å². The van der Waals surface area contributed by atoms with Gasteiger partial charge in [0.05, 0.1) is 0 Å². The van der Waals surface area contributed by atoms with Gasteiger partial charge in [0.1, 0.15) is 0 Å². The summed E-state index contributed by atoms with van der Waals surface area (Å²) < 4.78 is 0. The van der Waals surface area contributed by atoms with E-state index in [4.69, 9.17) is 0 Å². The van der Waals surface area contributed by atoms with Gasteiger partial charge in [-0.15, -0.1) is 0 Å². The minimum atomic E-state index is 0.539. The third kappa shape index (κ3) is 2.57. The van der Waals surface area contributed by atoms with Gasteiger partial charge in [-0.1, -0.05) is 76.9 Å². The predicted octanol–water partition coefficient (Wildman–Crippen LogP) is 6.23. The number of fused-ring (bicyclic) bond motifs is 2. The second kappa shape index (κ2) is 5.61. The molecule has 2 saturated carbocycles. The van der Waals surface area contributed by atoms with Gasteiger partial charge in [0.25, 0.3) is 0 Å². The lowest BCUT2D eigenvalue weighted by Crippen LogP contribution is -2.15. The molecule has 0 nitrogen and oxygen atoms in total. The number of hydrogen-bond acceptors (Lipinski definition) is 0. The molecular weight excluding hydrogens is 320 g/mol. The summed E-state index contributed by atoms with van der Waals surface area (Å²) in [6.07, 6.45) is 5.85. The first-order valence-electron chi connectivity index (χ1n) is 8.11. The molecule has 0 amide bonds. The summed E-state index contributed by atoms with van der Waals surface area (Å²) in [4.78, 5) is 0.539. The Labute approximate surface area is 135 Å². The monoisotopic (exact) mass is 340 g/mol. The molecule has 4 rings (SSSR count). The first-order valence-corrected chi connectivity index (χ1v) is 9.02. The highest BCUT2D eigenvalue weighted by Gasteiger charge is 2.42. The van der Waals surface area contributed by atoms with Crippen LogP contribution in [0.2, 0.25) is 0 Å². The van der Waals surface area contributed by atoms with Crippen molar-refractivity contribution in [3.63, 3.8) is 0 Å². The van der Waals surface area contributed by atoms with Gasteiger partial charge in [-0.2, -0.15) is 0 Å². The summed E-state index contributed by atoms with van der Waals surface area (Å²) in [5, 5.41) is 0. The van der Waals surface area contributed by atoms with Crippen LogP contribution >= 0.6 is 15.9 Å². The SMILES string of the molecule is BrC(c1ccc(-c2ccccc2)cc1)C1CC2CCC1C2. The molecule has 108 valence electrons. The van der Waals surface area contributed by atoms with E-state index in [1.807, 2.05) is 0 Å². The fourth-order valence-electron chi connectivity index (χ4n) is 4.39. The normalized spacial score (nSPS) is 28.7. The molecule has 1 heteroatoms. The quantitative estimate of drug-likeness (QED) is 0.581. The Morgan fingerprint density at radius 3 is 2.14 bits per heavy atom. The van der Waals surface area contributed by atoms with E-state index in [0.29, 0.717) is 4.83 Å². The van der Waals surface area contributed by atoms with Gasteiger partial charge in [0.2, 0.25) is 0 Å². The van der Waals surface area contributed by atoms with E-state index >= 15 is 0 Å². The van der Waals surface area contributed by atoms with E-state index in [0.717, 1.165) is 17.8 Å². The van der Waals surface area contributed by atoms with E-state index in [1.54, 1.807) is 0 Å². The van der Waals surface area contributed by atoms with Gasteiger partial charge in [-0.25, -0.2) is 0 Å². The highest BCUT2D eigenvalue weighted by atomic mass is 79.9. The summed E-state index contributed by atoms with van der Waals surface area (Å²) >= 11 is 4.00. The lowest BCUT2D eigenvalue weighted by Gasteiger charge is -2.27. The Kier molecular flexibility index (Phi) is 3.62. The standard InChI is InChI=1S/C20H21Br/c21-20(19-13-14-6-7-18(19)12-14)17-10-8-16(9-11-17)15-4-2-1-3-5-15/h1-5,8-11,14,18-20H,6-7,12-13H2. The Hall–Kier alpha value is -1.08. The van der Waals surface area contributed by atoms with E-state index in [9.17, 15) is 0 Å². The van der Waals surface area contributed by atoms with Crippen LogP contribution in [-0.4, -0.2) is 0 Å². The average molecular weight is 341 g/mol. The first-order chi connectivity index (χ1) is 10.3. The topological polar surface area (TPSA) is 0 Å². The van der Waals surface area contributed by atoms with Crippen LogP contribution in [0.5, 0.6) is 0 Å². The maximum absolute atomic E-state index is 4.00.